The summed E-state index contributed by atoms with van der Waals surface area (Å²) in [6, 6.07) is -0.997. The molecule has 2 heterocycles. The van der Waals surface area contributed by atoms with E-state index in [1.807, 2.05) is 7.05 Å². The highest BCUT2D eigenvalue weighted by Crippen LogP contribution is 2.17. The summed E-state index contributed by atoms with van der Waals surface area (Å²) in [5.74, 6) is -0.916. The summed E-state index contributed by atoms with van der Waals surface area (Å²) in [6.45, 7) is 3.28. The highest BCUT2D eigenvalue weighted by atomic mass is 16.5. The van der Waals surface area contributed by atoms with Gasteiger partial charge in [-0.3, -0.25) is 0 Å². The lowest BCUT2D eigenvalue weighted by Crippen LogP contribution is -2.52. The molecule has 7 nitrogen and oxygen atoms in total. The Morgan fingerprint density at radius 2 is 2.10 bits per heavy atom. The molecule has 21 heavy (non-hydrogen) atoms. The van der Waals surface area contributed by atoms with E-state index in [1.54, 1.807) is 0 Å². The van der Waals surface area contributed by atoms with Gasteiger partial charge in [0.1, 0.15) is 6.04 Å². The van der Waals surface area contributed by atoms with Gasteiger partial charge in [-0.15, -0.1) is 0 Å². The molecule has 7 heteroatoms. The monoisotopic (exact) mass is 299 g/mol. The average Bonchev–Trinajstić information content (AvgIpc) is 2.70. The first kappa shape index (κ1) is 16.0. The number of likely N-dealkylation sites (N-methyl/N-ethyl adjacent to an activating group) is 1. The van der Waals surface area contributed by atoms with Crippen LogP contribution in [0.3, 0.4) is 0 Å². The van der Waals surface area contributed by atoms with Crippen LogP contribution in [0.1, 0.15) is 25.7 Å². The molecule has 2 aliphatic rings. The van der Waals surface area contributed by atoms with Gasteiger partial charge in [-0.2, -0.15) is 0 Å². The zero-order valence-electron chi connectivity index (χ0n) is 12.6. The molecule has 0 aliphatic carbocycles. The molecule has 0 radical (unpaired) electrons. The van der Waals surface area contributed by atoms with E-state index in [1.165, 1.54) is 4.90 Å². The van der Waals surface area contributed by atoms with Gasteiger partial charge in [-0.1, -0.05) is 12.8 Å². The summed E-state index contributed by atoms with van der Waals surface area (Å²) in [4.78, 5) is 27.2. The molecule has 2 fully saturated rings. The molecule has 0 saturated carbocycles. The number of nitrogens with zero attached hydrogens (tertiary/aromatic N) is 2. The molecule has 0 aromatic heterocycles. The Morgan fingerprint density at radius 3 is 2.81 bits per heavy atom. The van der Waals surface area contributed by atoms with E-state index in [0.717, 1.165) is 32.4 Å². The van der Waals surface area contributed by atoms with E-state index in [4.69, 9.17) is 4.74 Å². The summed E-state index contributed by atoms with van der Waals surface area (Å²) in [5, 5.41) is 12.1. The number of carboxylic acid groups (broad SMARTS) is 1. The average molecular weight is 299 g/mol. The van der Waals surface area contributed by atoms with Crippen LogP contribution >= 0.6 is 0 Å². The minimum atomic E-state index is -0.916. The van der Waals surface area contributed by atoms with Crippen LogP contribution < -0.4 is 5.32 Å². The van der Waals surface area contributed by atoms with Crippen LogP contribution in [-0.2, 0) is 9.53 Å². The minimum absolute atomic E-state index is 0.0250. The summed E-state index contributed by atoms with van der Waals surface area (Å²) < 4.78 is 5.59. The molecule has 2 N–H and O–H groups in total. The first-order valence-electron chi connectivity index (χ1n) is 7.65. The predicted molar refractivity (Wildman–Crippen MR) is 77.2 cm³/mol. The standard InChI is InChI=1S/C14H25N3O4/c1-16-7-8-21-11(10-16)9-15-14(20)17-6-4-2-3-5-12(17)13(18)19/h11-12H,2-10H2,1H3,(H,15,20)(H,18,19). The van der Waals surface area contributed by atoms with E-state index in [2.05, 4.69) is 10.2 Å². The van der Waals surface area contributed by atoms with Gasteiger partial charge in [-0.05, 0) is 19.9 Å². The molecule has 0 bridgehead atoms. The van der Waals surface area contributed by atoms with Gasteiger partial charge in [0.25, 0.3) is 0 Å². The zero-order chi connectivity index (χ0) is 15.2. The molecular weight excluding hydrogens is 274 g/mol. The molecule has 0 spiro atoms. The Labute approximate surface area is 125 Å². The third-order valence-electron chi connectivity index (χ3n) is 4.12. The van der Waals surface area contributed by atoms with E-state index in [9.17, 15) is 14.7 Å². The largest absolute Gasteiger partial charge is 0.480 e. The Kier molecular flexibility index (Phi) is 5.81. The van der Waals surface area contributed by atoms with Gasteiger partial charge in [0, 0.05) is 26.2 Å². The van der Waals surface area contributed by atoms with Crippen LogP contribution in [0.4, 0.5) is 4.79 Å². The molecule has 2 atom stereocenters. The maximum atomic E-state index is 12.3. The SMILES string of the molecule is CN1CCOC(CNC(=O)N2CCCCCC2C(=O)O)C1. The fraction of sp³-hybridized carbons (Fsp3) is 0.857. The number of ether oxygens (including phenoxy) is 1. The maximum absolute atomic E-state index is 12.3. The van der Waals surface area contributed by atoms with Crippen molar-refractivity contribution >= 4 is 12.0 Å². The zero-order valence-corrected chi connectivity index (χ0v) is 12.6. The molecule has 2 unspecified atom stereocenters. The minimum Gasteiger partial charge on any atom is -0.480 e. The van der Waals surface area contributed by atoms with E-state index < -0.39 is 12.0 Å². The Hall–Kier alpha value is -1.34. The second kappa shape index (κ2) is 7.61. The lowest BCUT2D eigenvalue weighted by Gasteiger charge is -2.32. The van der Waals surface area contributed by atoms with Gasteiger partial charge in [0.2, 0.25) is 0 Å². The number of aliphatic carboxylic acids is 1. The highest BCUT2D eigenvalue weighted by molar-refractivity contribution is 5.82. The lowest BCUT2D eigenvalue weighted by molar-refractivity contribution is -0.142. The van der Waals surface area contributed by atoms with Crippen molar-refractivity contribution < 1.29 is 19.4 Å². The van der Waals surface area contributed by atoms with Crippen molar-refractivity contribution in [1.29, 1.82) is 0 Å². The van der Waals surface area contributed by atoms with Crippen molar-refractivity contribution in [3.05, 3.63) is 0 Å². The van der Waals surface area contributed by atoms with Gasteiger partial charge >= 0.3 is 12.0 Å². The fourth-order valence-corrected chi connectivity index (χ4v) is 2.90. The normalized spacial score (nSPS) is 28.0. The van der Waals surface area contributed by atoms with Gasteiger partial charge in [-0.25, -0.2) is 9.59 Å². The number of hydrogen-bond donors (Lipinski definition) is 2. The Balaban J connectivity index is 1.86. The molecule has 2 aliphatic heterocycles. The second-order valence-corrected chi connectivity index (χ2v) is 5.84. The Bertz CT molecular complexity index is 377. The van der Waals surface area contributed by atoms with Crippen molar-refractivity contribution in [3.63, 3.8) is 0 Å². The van der Waals surface area contributed by atoms with Gasteiger partial charge in [0.15, 0.2) is 0 Å². The Morgan fingerprint density at radius 1 is 1.29 bits per heavy atom. The van der Waals surface area contributed by atoms with Crippen molar-refractivity contribution in [2.75, 3.05) is 39.8 Å². The number of urea groups is 1. The van der Waals surface area contributed by atoms with Crippen LogP contribution in [0, 0.1) is 0 Å². The topological polar surface area (TPSA) is 82.1 Å². The van der Waals surface area contributed by atoms with E-state index in [0.29, 0.717) is 26.1 Å². The van der Waals surface area contributed by atoms with Crippen LogP contribution in [0.15, 0.2) is 0 Å². The number of likely N-dealkylation sites (tertiary alicyclic amines) is 1. The smallest absolute Gasteiger partial charge is 0.326 e. The fourth-order valence-electron chi connectivity index (χ4n) is 2.90. The number of carbonyl (C=O) groups is 2. The first-order chi connectivity index (χ1) is 10.1. The predicted octanol–water partition coefficient (Wildman–Crippen LogP) is 0.356. The summed E-state index contributed by atoms with van der Waals surface area (Å²) in [7, 11) is 2.02. The first-order valence-corrected chi connectivity index (χ1v) is 7.65. The summed E-state index contributed by atoms with van der Waals surface area (Å²) in [6.07, 6.45) is 3.20. The number of carboxylic acids is 1. The quantitative estimate of drug-likeness (QED) is 0.786. The van der Waals surface area contributed by atoms with Crippen molar-refractivity contribution in [1.82, 2.24) is 15.1 Å². The number of morpholine rings is 1. The maximum Gasteiger partial charge on any atom is 0.326 e. The molecule has 2 saturated heterocycles. The number of rotatable bonds is 3. The van der Waals surface area contributed by atoms with Crippen molar-refractivity contribution in [3.8, 4) is 0 Å². The van der Waals surface area contributed by atoms with E-state index in [-0.39, 0.29) is 12.1 Å². The molecule has 120 valence electrons. The second-order valence-electron chi connectivity index (χ2n) is 5.84. The molecule has 2 amide bonds. The number of amides is 2. The van der Waals surface area contributed by atoms with E-state index >= 15 is 0 Å². The molecule has 0 aromatic carbocycles. The van der Waals surface area contributed by atoms with Crippen molar-refractivity contribution in [2.45, 2.75) is 37.8 Å². The van der Waals surface area contributed by atoms with Gasteiger partial charge < -0.3 is 25.0 Å². The number of hydrogen-bond acceptors (Lipinski definition) is 4. The van der Waals surface area contributed by atoms with Crippen LogP contribution in [0.25, 0.3) is 0 Å². The lowest BCUT2D eigenvalue weighted by atomic mass is 10.1. The molecular formula is C14H25N3O4. The summed E-state index contributed by atoms with van der Waals surface area (Å²) in [5.41, 5.74) is 0. The third-order valence-corrected chi connectivity index (χ3v) is 4.12. The highest BCUT2D eigenvalue weighted by Gasteiger charge is 2.31. The number of carbonyl (C=O) groups excluding carboxylic acids is 1. The van der Waals surface area contributed by atoms with Crippen LogP contribution in [0.5, 0.6) is 0 Å². The molecule has 0 aromatic rings. The van der Waals surface area contributed by atoms with Crippen LogP contribution in [0.2, 0.25) is 0 Å². The summed E-state index contributed by atoms with van der Waals surface area (Å²) >= 11 is 0. The van der Waals surface area contributed by atoms with Crippen LogP contribution in [-0.4, -0.2) is 78.9 Å². The third kappa shape index (κ3) is 4.57. The number of nitrogens with one attached hydrogen (secondary N) is 1. The molecule has 2 rings (SSSR count). The van der Waals surface area contributed by atoms with Crippen molar-refractivity contribution in [2.24, 2.45) is 0 Å². The van der Waals surface area contributed by atoms with Gasteiger partial charge in [0.05, 0.1) is 12.7 Å².